The summed E-state index contributed by atoms with van der Waals surface area (Å²) in [6.45, 7) is 7.24. The minimum Gasteiger partial charge on any atom is -0.317 e. The van der Waals surface area contributed by atoms with Crippen LogP contribution in [0.25, 0.3) is 0 Å². The number of likely N-dealkylation sites (tertiary alicyclic amines) is 1. The summed E-state index contributed by atoms with van der Waals surface area (Å²) in [4.78, 5) is 2.51. The summed E-state index contributed by atoms with van der Waals surface area (Å²) in [6.07, 6.45) is 4.37. The second-order valence-corrected chi connectivity index (χ2v) is 4.91. The van der Waals surface area contributed by atoms with Crippen LogP contribution in [0, 0.1) is 11.3 Å². The van der Waals surface area contributed by atoms with Crippen molar-refractivity contribution in [3.05, 3.63) is 0 Å². The van der Waals surface area contributed by atoms with Crippen LogP contribution in [0.3, 0.4) is 0 Å². The lowest BCUT2D eigenvalue weighted by Gasteiger charge is -2.30. The maximum Gasteiger partial charge on any atom is 0.00382 e. The molecule has 2 atom stereocenters. The molecule has 2 heteroatoms. The van der Waals surface area contributed by atoms with E-state index < -0.39 is 0 Å². The first kappa shape index (κ1) is 9.47. The topological polar surface area (TPSA) is 15.3 Å². The highest BCUT2D eigenvalue weighted by Gasteiger charge is 2.54. The first-order valence-corrected chi connectivity index (χ1v) is 5.66. The van der Waals surface area contributed by atoms with Gasteiger partial charge in [0.05, 0.1) is 0 Å². The van der Waals surface area contributed by atoms with Crippen LogP contribution >= 0.6 is 0 Å². The zero-order chi connectivity index (χ0) is 9.31. The molecular formula is C11H22N2. The summed E-state index contributed by atoms with van der Waals surface area (Å²) in [6, 6.07) is 0. The van der Waals surface area contributed by atoms with E-state index in [1.807, 2.05) is 0 Å². The minimum atomic E-state index is 0.731. The summed E-state index contributed by atoms with van der Waals surface area (Å²) in [7, 11) is 2.27. The summed E-state index contributed by atoms with van der Waals surface area (Å²) in [5.41, 5.74) is 0.731. The van der Waals surface area contributed by atoms with E-state index in [-0.39, 0.29) is 0 Å². The zero-order valence-corrected chi connectivity index (χ0v) is 8.97. The van der Waals surface area contributed by atoms with Gasteiger partial charge in [0.1, 0.15) is 0 Å². The summed E-state index contributed by atoms with van der Waals surface area (Å²) in [5, 5.41) is 3.48. The SMILES string of the molecule is CCNCC1CC12CCCN(C)C2. The molecule has 1 N–H and O–H groups in total. The second kappa shape index (κ2) is 3.58. The van der Waals surface area contributed by atoms with Crippen LogP contribution in [0.15, 0.2) is 0 Å². The Hall–Kier alpha value is -0.0800. The smallest absolute Gasteiger partial charge is 0.00382 e. The van der Waals surface area contributed by atoms with Crippen molar-refractivity contribution in [1.82, 2.24) is 10.2 Å². The second-order valence-electron chi connectivity index (χ2n) is 4.91. The molecule has 1 saturated heterocycles. The molecule has 0 amide bonds. The van der Waals surface area contributed by atoms with Gasteiger partial charge in [0.2, 0.25) is 0 Å². The third kappa shape index (κ3) is 1.89. The van der Waals surface area contributed by atoms with Crippen LogP contribution in [0.4, 0.5) is 0 Å². The molecule has 2 unspecified atom stereocenters. The van der Waals surface area contributed by atoms with Gasteiger partial charge in [0, 0.05) is 6.54 Å². The molecule has 0 aromatic rings. The molecule has 0 radical (unpaired) electrons. The van der Waals surface area contributed by atoms with Gasteiger partial charge in [-0.15, -0.1) is 0 Å². The van der Waals surface area contributed by atoms with E-state index in [9.17, 15) is 0 Å². The number of nitrogens with zero attached hydrogens (tertiary/aromatic N) is 1. The zero-order valence-electron chi connectivity index (χ0n) is 8.97. The van der Waals surface area contributed by atoms with Gasteiger partial charge in [0.25, 0.3) is 0 Å². The van der Waals surface area contributed by atoms with Gasteiger partial charge in [-0.05, 0) is 57.3 Å². The fraction of sp³-hybridized carbons (Fsp3) is 1.00. The highest BCUT2D eigenvalue weighted by Crippen LogP contribution is 2.57. The number of rotatable bonds is 3. The molecule has 13 heavy (non-hydrogen) atoms. The lowest BCUT2D eigenvalue weighted by atomic mass is 9.92. The predicted molar refractivity (Wildman–Crippen MR) is 55.8 cm³/mol. The number of hydrogen-bond acceptors (Lipinski definition) is 2. The Morgan fingerprint density at radius 1 is 1.54 bits per heavy atom. The van der Waals surface area contributed by atoms with Crippen LogP contribution in [-0.4, -0.2) is 38.1 Å². The van der Waals surface area contributed by atoms with Crippen molar-refractivity contribution in [3.63, 3.8) is 0 Å². The lowest BCUT2D eigenvalue weighted by Crippen LogP contribution is -2.35. The van der Waals surface area contributed by atoms with Crippen LogP contribution in [-0.2, 0) is 0 Å². The van der Waals surface area contributed by atoms with E-state index in [0.29, 0.717) is 0 Å². The maximum absolute atomic E-state index is 3.48. The van der Waals surface area contributed by atoms with E-state index in [1.54, 1.807) is 0 Å². The van der Waals surface area contributed by atoms with Gasteiger partial charge in [-0.2, -0.15) is 0 Å². The van der Waals surface area contributed by atoms with Gasteiger partial charge < -0.3 is 10.2 Å². The molecule has 1 aliphatic carbocycles. The van der Waals surface area contributed by atoms with Crippen LogP contribution in [0.1, 0.15) is 26.2 Å². The highest BCUT2D eigenvalue weighted by atomic mass is 15.1. The molecule has 1 heterocycles. The molecule has 2 fully saturated rings. The Morgan fingerprint density at radius 3 is 3.08 bits per heavy atom. The van der Waals surface area contributed by atoms with Crippen molar-refractivity contribution in [2.75, 3.05) is 33.2 Å². The molecule has 2 aliphatic rings. The Kier molecular flexibility index (Phi) is 2.61. The standard InChI is InChI=1S/C11H22N2/c1-3-12-8-10-7-11(10)5-4-6-13(2)9-11/h10,12H,3-9H2,1-2H3. The van der Waals surface area contributed by atoms with Gasteiger partial charge in [-0.3, -0.25) is 0 Å². The quantitative estimate of drug-likeness (QED) is 0.708. The fourth-order valence-electron chi connectivity index (χ4n) is 2.94. The van der Waals surface area contributed by atoms with Crippen molar-refractivity contribution in [1.29, 1.82) is 0 Å². The van der Waals surface area contributed by atoms with Crippen LogP contribution < -0.4 is 5.32 Å². The number of hydrogen-bond donors (Lipinski definition) is 1. The van der Waals surface area contributed by atoms with Crippen molar-refractivity contribution in [2.45, 2.75) is 26.2 Å². The first-order valence-electron chi connectivity index (χ1n) is 5.66. The van der Waals surface area contributed by atoms with Crippen molar-refractivity contribution >= 4 is 0 Å². The highest BCUT2D eigenvalue weighted by molar-refractivity contribution is 5.06. The number of nitrogens with one attached hydrogen (secondary N) is 1. The van der Waals surface area contributed by atoms with E-state index in [0.717, 1.165) is 17.9 Å². The van der Waals surface area contributed by atoms with E-state index in [1.165, 1.54) is 38.9 Å². The predicted octanol–water partition coefficient (Wildman–Crippen LogP) is 1.33. The fourth-order valence-corrected chi connectivity index (χ4v) is 2.94. The van der Waals surface area contributed by atoms with Gasteiger partial charge >= 0.3 is 0 Å². The molecule has 0 aromatic heterocycles. The van der Waals surface area contributed by atoms with Crippen LogP contribution in [0.5, 0.6) is 0 Å². The van der Waals surface area contributed by atoms with Gasteiger partial charge in [-0.25, -0.2) is 0 Å². The number of piperidine rings is 1. The average Bonchev–Trinajstić information content (AvgIpc) is 2.74. The third-order valence-corrected chi connectivity index (χ3v) is 3.80. The molecule has 1 spiro atoms. The molecule has 76 valence electrons. The largest absolute Gasteiger partial charge is 0.317 e. The summed E-state index contributed by atoms with van der Waals surface area (Å²) in [5.74, 6) is 0.982. The van der Waals surface area contributed by atoms with Gasteiger partial charge in [-0.1, -0.05) is 6.92 Å². The Bertz CT molecular complexity index is 181. The van der Waals surface area contributed by atoms with Crippen LogP contribution in [0.2, 0.25) is 0 Å². The summed E-state index contributed by atoms with van der Waals surface area (Å²) < 4.78 is 0. The average molecular weight is 182 g/mol. The molecule has 2 rings (SSSR count). The molecule has 0 aromatic carbocycles. The maximum atomic E-state index is 3.48. The summed E-state index contributed by atoms with van der Waals surface area (Å²) >= 11 is 0. The van der Waals surface area contributed by atoms with Gasteiger partial charge in [0.15, 0.2) is 0 Å². The molecule has 1 aliphatic heterocycles. The van der Waals surface area contributed by atoms with Crippen molar-refractivity contribution in [3.8, 4) is 0 Å². The molecule has 0 bridgehead atoms. The normalized spacial score (nSPS) is 39.7. The molecule has 2 nitrogen and oxygen atoms in total. The van der Waals surface area contributed by atoms with Crippen molar-refractivity contribution < 1.29 is 0 Å². The first-order chi connectivity index (χ1) is 6.27. The Morgan fingerprint density at radius 2 is 2.38 bits per heavy atom. The lowest BCUT2D eigenvalue weighted by molar-refractivity contribution is 0.180. The third-order valence-electron chi connectivity index (χ3n) is 3.80. The monoisotopic (exact) mass is 182 g/mol. The Labute approximate surface area is 81.7 Å². The van der Waals surface area contributed by atoms with E-state index in [4.69, 9.17) is 0 Å². The van der Waals surface area contributed by atoms with E-state index in [2.05, 4.69) is 24.2 Å². The van der Waals surface area contributed by atoms with Crippen molar-refractivity contribution in [2.24, 2.45) is 11.3 Å². The Balaban J connectivity index is 1.80. The molecule has 1 saturated carbocycles. The molecular weight excluding hydrogens is 160 g/mol. The minimum absolute atomic E-state index is 0.731. The van der Waals surface area contributed by atoms with E-state index >= 15 is 0 Å².